The second kappa shape index (κ2) is 11.6. The number of carbonyl (C=O) groups excluding carboxylic acids is 2. The van der Waals surface area contributed by atoms with E-state index in [4.69, 9.17) is 27.9 Å². The highest BCUT2D eigenvalue weighted by Gasteiger charge is 2.38. The fraction of sp³-hybridized carbons (Fsp3) is 0.348. The van der Waals surface area contributed by atoms with E-state index in [1.165, 1.54) is 11.8 Å². The van der Waals surface area contributed by atoms with Crippen LogP contribution >= 0.6 is 35.0 Å². The van der Waals surface area contributed by atoms with Gasteiger partial charge in [0.1, 0.15) is 11.0 Å². The predicted molar refractivity (Wildman–Crippen MR) is 132 cm³/mol. The Balaban J connectivity index is 1.71. The lowest BCUT2D eigenvalue weighted by Crippen LogP contribution is -2.34. The number of amidine groups is 1. The van der Waals surface area contributed by atoms with Crippen LogP contribution in [-0.4, -0.2) is 40.3 Å². The molecule has 1 aliphatic rings. The number of halogens is 2. The number of anilines is 1. The Morgan fingerprint density at radius 2 is 1.84 bits per heavy atom. The average molecular weight is 494 g/mol. The second-order valence-corrected chi connectivity index (χ2v) is 9.22. The number of rotatable bonds is 9. The lowest BCUT2D eigenvalue weighted by molar-refractivity contribution is -0.128. The van der Waals surface area contributed by atoms with Crippen LogP contribution < -0.4 is 10.1 Å². The molecule has 2 aromatic carbocycles. The molecule has 9 heteroatoms. The molecule has 6 nitrogen and oxygen atoms in total. The van der Waals surface area contributed by atoms with Gasteiger partial charge in [0.25, 0.3) is 0 Å². The van der Waals surface area contributed by atoms with E-state index >= 15 is 0 Å². The topological polar surface area (TPSA) is 71.0 Å². The Labute approximate surface area is 202 Å². The molecule has 1 saturated heterocycles. The van der Waals surface area contributed by atoms with E-state index in [0.717, 1.165) is 18.6 Å². The van der Waals surface area contributed by atoms with E-state index in [2.05, 4.69) is 17.2 Å². The van der Waals surface area contributed by atoms with Crippen LogP contribution in [0.25, 0.3) is 0 Å². The molecule has 1 fully saturated rings. The number of thioether (sulfide) groups is 1. The van der Waals surface area contributed by atoms with E-state index < -0.39 is 5.25 Å². The van der Waals surface area contributed by atoms with Crippen LogP contribution in [0.5, 0.6) is 5.75 Å². The van der Waals surface area contributed by atoms with Gasteiger partial charge in [0.05, 0.1) is 12.3 Å². The van der Waals surface area contributed by atoms with E-state index in [0.29, 0.717) is 39.7 Å². The Kier molecular flexibility index (Phi) is 8.84. The highest BCUT2D eigenvalue weighted by molar-refractivity contribution is 8.15. The fourth-order valence-corrected chi connectivity index (χ4v) is 4.84. The number of hydrogen-bond donors (Lipinski definition) is 1. The predicted octanol–water partition coefficient (Wildman–Crippen LogP) is 6.15. The number of ether oxygens (including phenoxy) is 1. The van der Waals surface area contributed by atoms with Gasteiger partial charge in [-0.2, -0.15) is 0 Å². The maximum Gasteiger partial charge on any atom is 0.242 e. The van der Waals surface area contributed by atoms with Crippen molar-refractivity contribution in [3.05, 3.63) is 52.5 Å². The largest absolute Gasteiger partial charge is 0.494 e. The molecule has 32 heavy (non-hydrogen) atoms. The van der Waals surface area contributed by atoms with Gasteiger partial charge in [-0.05, 0) is 55.8 Å². The summed E-state index contributed by atoms with van der Waals surface area (Å²) in [6.45, 7) is 5.09. The first kappa shape index (κ1) is 24.4. The van der Waals surface area contributed by atoms with Gasteiger partial charge >= 0.3 is 0 Å². The first-order valence-corrected chi connectivity index (χ1v) is 12.1. The maximum absolute atomic E-state index is 13.0. The summed E-state index contributed by atoms with van der Waals surface area (Å²) in [5, 5.41) is 3.80. The summed E-state index contributed by atoms with van der Waals surface area (Å²) in [7, 11) is 0. The molecule has 1 aliphatic heterocycles. The van der Waals surface area contributed by atoms with Gasteiger partial charge in [-0.15, -0.1) is 0 Å². The zero-order valence-corrected chi connectivity index (χ0v) is 20.3. The van der Waals surface area contributed by atoms with Crippen LogP contribution in [0, 0.1) is 0 Å². The number of amides is 2. The minimum Gasteiger partial charge on any atom is -0.494 e. The monoisotopic (exact) mass is 493 g/mol. The molecule has 1 N–H and O–H groups in total. The zero-order valence-electron chi connectivity index (χ0n) is 17.9. The molecule has 0 bridgehead atoms. The molecule has 170 valence electrons. The highest BCUT2D eigenvalue weighted by atomic mass is 35.5. The third-order valence-electron chi connectivity index (χ3n) is 4.65. The van der Waals surface area contributed by atoms with E-state index in [1.54, 1.807) is 47.4 Å². The smallest absolute Gasteiger partial charge is 0.242 e. The first-order chi connectivity index (χ1) is 15.4. The number of nitrogens with one attached hydrogen (secondary N) is 1. The molecule has 0 aliphatic carbocycles. The molecule has 1 atom stereocenters. The first-order valence-electron chi connectivity index (χ1n) is 10.4. The van der Waals surface area contributed by atoms with Crippen LogP contribution in [0.3, 0.4) is 0 Å². The Morgan fingerprint density at radius 3 is 2.47 bits per heavy atom. The molecule has 0 spiro atoms. The van der Waals surface area contributed by atoms with Crippen molar-refractivity contribution in [2.75, 3.05) is 18.5 Å². The zero-order chi connectivity index (χ0) is 23.1. The highest BCUT2D eigenvalue weighted by Crippen LogP contribution is 2.33. The molecular formula is C23H25Cl2N3O3S. The van der Waals surface area contributed by atoms with Crippen LogP contribution in [0.2, 0.25) is 10.0 Å². The average Bonchev–Trinajstić information content (AvgIpc) is 3.01. The summed E-state index contributed by atoms with van der Waals surface area (Å²) in [6, 6.07) is 12.1. The minimum atomic E-state index is -0.539. The Hall–Kier alpha value is -2.22. The van der Waals surface area contributed by atoms with Crippen molar-refractivity contribution in [1.82, 2.24) is 4.90 Å². The third-order valence-corrected chi connectivity index (χ3v) is 6.26. The lowest BCUT2D eigenvalue weighted by Gasteiger charge is -2.16. The number of nitrogens with zero attached hydrogens (tertiary/aromatic N) is 2. The molecular weight excluding hydrogens is 469 g/mol. The number of aliphatic imine (C=N–C) groups is 1. The fourth-order valence-electron chi connectivity index (χ4n) is 3.14. The van der Waals surface area contributed by atoms with Crippen molar-refractivity contribution >= 4 is 63.3 Å². The summed E-state index contributed by atoms with van der Waals surface area (Å²) < 4.78 is 5.41. The summed E-state index contributed by atoms with van der Waals surface area (Å²) >= 11 is 13.5. The molecule has 0 unspecified atom stereocenters. The molecule has 0 radical (unpaired) electrons. The summed E-state index contributed by atoms with van der Waals surface area (Å²) in [5.41, 5.74) is 1.22. The number of benzene rings is 2. The standard InChI is InChI=1S/C23H25Cl2N3O3S/c1-3-5-10-28-22(30)20(32-23(28)27-18-12-15(24)11-16(25)13-18)14-21(29)26-17-6-8-19(9-7-17)31-4-2/h6-9,11-13,20H,3-5,10,14H2,1-2H3,(H,26,29)/t20-/m1/s1. The summed E-state index contributed by atoms with van der Waals surface area (Å²) in [6.07, 6.45) is 1.83. The van der Waals surface area contributed by atoms with Gasteiger partial charge < -0.3 is 10.1 Å². The van der Waals surface area contributed by atoms with Crippen molar-refractivity contribution in [1.29, 1.82) is 0 Å². The molecule has 0 saturated carbocycles. The van der Waals surface area contributed by atoms with Crippen molar-refractivity contribution < 1.29 is 14.3 Å². The van der Waals surface area contributed by atoms with Gasteiger partial charge in [-0.3, -0.25) is 14.5 Å². The van der Waals surface area contributed by atoms with Crippen molar-refractivity contribution in [2.24, 2.45) is 4.99 Å². The number of hydrogen-bond acceptors (Lipinski definition) is 5. The summed E-state index contributed by atoms with van der Waals surface area (Å²) in [4.78, 5) is 31.9. The van der Waals surface area contributed by atoms with E-state index in [9.17, 15) is 9.59 Å². The van der Waals surface area contributed by atoms with Gasteiger partial charge in [0.15, 0.2) is 5.17 Å². The quantitative estimate of drug-likeness (QED) is 0.454. The van der Waals surface area contributed by atoms with Crippen LogP contribution in [-0.2, 0) is 9.59 Å². The molecule has 0 aromatic heterocycles. The van der Waals surface area contributed by atoms with Gasteiger partial charge in [-0.25, -0.2) is 4.99 Å². The minimum absolute atomic E-state index is 0.0503. The number of unbranched alkanes of at least 4 members (excludes halogenated alkanes) is 1. The van der Waals surface area contributed by atoms with E-state index in [1.807, 2.05) is 6.92 Å². The van der Waals surface area contributed by atoms with Crippen LogP contribution in [0.1, 0.15) is 33.1 Å². The van der Waals surface area contributed by atoms with Gasteiger partial charge in [-0.1, -0.05) is 48.3 Å². The normalized spacial score (nSPS) is 17.1. The third kappa shape index (κ3) is 6.64. The van der Waals surface area contributed by atoms with Crippen molar-refractivity contribution in [2.45, 2.75) is 38.4 Å². The van der Waals surface area contributed by atoms with Gasteiger partial charge in [0, 0.05) is 28.7 Å². The second-order valence-electron chi connectivity index (χ2n) is 7.18. The number of carbonyl (C=O) groups is 2. The van der Waals surface area contributed by atoms with Gasteiger partial charge in [0.2, 0.25) is 11.8 Å². The Bertz CT molecular complexity index is 978. The van der Waals surface area contributed by atoms with E-state index in [-0.39, 0.29) is 18.2 Å². The SMILES string of the molecule is CCCCN1C(=O)[C@@H](CC(=O)Nc2ccc(OCC)cc2)SC1=Nc1cc(Cl)cc(Cl)c1. The lowest BCUT2D eigenvalue weighted by atomic mass is 10.2. The van der Waals surface area contributed by atoms with Crippen molar-refractivity contribution in [3.8, 4) is 5.75 Å². The molecule has 1 heterocycles. The molecule has 2 amide bonds. The summed E-state index contributed by atoms with van der Waals surface area (Å²) in [5.74, 6) is 0.389. The molecule has 3 rings (SSSR count). The van der Waals surface area contributed by atoms with Crippen LogP contribution in [0.4, 0.5) is 11.4 Å². The Morgan fingerprint density at radius 1 is 1.16 bits per heavy atom. The van der Waals surface area contributed by atoms with Crippen LogP contribution in [0.15, 0.2) is 47.5 Å². The maximum atomic E-state index is 13.0. The van der Waals surface area contributed by atoms with Crippen molar-refractivity contribution in [3.63, 3.8) is 0 Å². The molecule has 2 aromatic rings.